The van der Waals surface area contributed by atoms with Gasteiger partial charge in [0.2, 0.25) is 5.91 Å². The second-order valence-electron chi connectivity index (χ2n) is 4.12. The highest BCUT2D eigenvalue weighted by Crippen LogP contribution is 2.22. The van der Waals surface area contributed by atoms with Gasteiger partial charge in [-0.25, -0.2) is 0 Å². The van der Waals surface area contributed by atoms with Gasteiger partial charge in [0.15, 0.2) is 6.61 Å². The summed E-state index contributed by atoms with van der Waals surface area (Å²) in [6.45, 7) is 1.63. The van der Waals surface area contributed by atoms with E-state index >= 15 is 0 Å². The van der Waals surface area contributed by atoms with E-state index in [1.54, 1.807) is 31.2 Å². The van der Waals surface area contributed by atoms with E-state index < -0.39 is 17.8 Å². The summed E-state index contributed by atoms with van der Waals surface area (Å²) in [6.07, 6.45) is -0.129. The quantitative estimate of drug-likeness (QED) is 0.579. The van der Waals surface area contributed by atoms with E-state index in [4.69, 9.17) is 16.3 Å². The number of hydrogen-bond donors (Lipinski definition) is 2. The fourth-order valence-corrected chi connectivity index (χ4v) is 1.58. The van der Waals surface area contributed by atoms with Crippen molar-refractivity contribution in [3.05, 3.63) is 29.3 Å². The molecule has 0 aliphatic rings. The number of rotatable bonds is 7. The van der Waals surface area contributed by atoms with Crippen molar-refractivity contribution in [2.45, 2.75) is 19.8 Å². The second-order valence-corrected chi connectivity index (χ2v) is 4.53. The number of hydrogen-bond acceptors (Lipinski definition) is 5. The topological polar surface area (TPSA) is 93.7 Å². The van der Waals surface area contributed by atoms with Crippen molar-refractivity contribution < 1.29 is 23.9 Å². The summed E-state index contributed by atoms with van der Waals surface area (Å²) in [5.74, 6) is -1.15. The smallest absolute Gasteiger partial charge is 0.306 e. The van der Waals surface area contributed by atoms with Crippen LogP contribution in [0.4, 0.5) is 0 Å². The Balaban J connectivity index is 2.21. The third kappa shape index (κ3) is 6.94. The molecular weight excluding hydrogens is 312 g/mol. The van der Waals surface area contributed by atoms with Gasteiger partial charge in [0, 0.05) is 6.42 Å². The van der Waals surface area contributed by atoms with Crippen molar-refractivity contribution >= 4 is 29.4 Å². The maximum atomic E-state index is 11.5. The summed E-state index contributed by atoms with van der Waals surface area (Å²) < 4.78 is 9.87. The van der Waals surface area contributed by atoms with Crippen LogP contribution in [0.3, 0.4) is 0 Å². The Morgan fingerprint density at radius 3 is 2.45 bits per heavy atom. The molecule has 1 aromatic rings. The number of amides is 2. The summed E-state index contributed by atoms with van der Waals surface area (Å²) in [5, 5.41) is 0.383. The van der Waals surface area contributed by atoms with Crippen LogP contribution in [0.2, 0.25) is 5.02 Å². The van der Waals surface area contributed by atoms with E-state index in [1.807, 2.05) is 0 Å². The zero-order valence-electron chi connectivity index (χ0n) is 12.1. The molecule has 0 radical (unpaired) electrons. The van der Waals surface area contributed by atoms with Crippen molar-refractivity contribution in [2.24, 2.45) is 0 Å². The summed E-state index contributed by atoms with van der Waals surface area (Å²) in [7, 11) is 0. The van der Waals surface area contributed by atoms with Gasteiger partial charge in [-0.05, 0) is 19.1 Å². The molecule has 0 spiro atoms. The summed E-state index contributed by atoms with van der Waals surface area (Å²) >= 11 is 5.86. The van der Waals surface area contributed by atoms with Gasteiger partial charge in [-0.15, -0.1) is 0 Å². The fraction of sp³-hybridized carbons (Fsp3) is 0.357. The van der Waals surface area contributed by atoms with Crippen LogP contribution >= 0.6 is 11.6 Å². The zero-order chi connectivity index (χ0) is 16.4. The summed E-state index contributed by atoms with van der Waals surface area (Å²) in [4.78, 5) is 33.9. The monoisotopic (exact) mass is 328 g/mol. The normalized spacial score (nSPS) is 9.73. The number of hydrazine groups is 1. The van der Waals surface area contributed by atoms with Crippen LogP contribution in [0.5, 0.6) is 5.75 Å². The van der Waals surface area contributed by atoms with Crippen molar-refractivity contribution in [1.29, 1.82) is 0 Å². The van der Waals surface area contributed by atoms with Gasteiger partial charge in [-0.3, -0.25) is 25.2 Å². The molecule has 0 atom stereocenters. The average molecular weight is 329 g/mol. The lowest BCUT2D eigenvalue weighted by atomic mass is 10.3. The Kier molecular flexibility index (Phi) is 7.77. The molecule has 1 rings (SSSR count). The molecule has 0 aromatic heterocycles. The van der Waals surface area contributed by atoms with Gasteiger partial charge in [0.25, 0.3) is 5.91 Å². The molecule has 22 heavy (non-hydrogen) atoms. The van der Waals surface area contributed by atoms with Gasteiger partial charge in [0.05, 0.1) is 18.1 Å². The molecule has 2 N–H and O–H groups in total. The molecule has 0 bridgehead atoms. The molecular formula is C14H17ClN2O5. The van der Waals surface area contributed by atoms with Crippen molar-refractivity contribution in [3.63, 3.8) is 0 Å². The van der Waals surface area contributed by atoms with E-state index in [2.05, 4.69) is 15.6 Å². The lowest BCUT2D eigenvalue weighted by Crippen LogP contribution is -2.43. The predicted molar refractivity (Wildman–Crippen MR) is 79.1 cm³/mol. The van der Waals surface area contributed by atoms with E-state index in [1.165, 1.54) is 0 Å². The molecule has 8 heteroatoms. The third-order valence-corrected chi connectivity index (χ3v) is 2.71. The molecule has 0 saturated heterocycles. The molecule has 0 aliphatic carbocycles. The number of carbonyl (C=O) groups is 3. The minimum atomic E-state index is -0.551. The Bertz CT molecular complexity index is 536. The van der Waals surface area contributed by atoms with Gasteiger partial charge < -0.3 is 9.47 Å². The first kappa shape index (κ1) is 17.8. The number of nitrogens with one attached hydrogen (secondary N) is 2. The number of ether oxygens (including phenoxy) is 2. The maximum Gasteiger partial charge on any atom is 0.306 e. The Labute approximate surface area is 132 Å². The molecule has 7 nitrogen and oxygen atoms in total. The number of para-hydroxylation sites is 1. The van der Waals surface area contributed by atoms with Crippen LogP contribution in [0.1, 0.15) is 19.8 Å². The molecule has 120 valence electrons. The van der Waals surface area contributed by atoms with Gasteiger partial charge in [-0.1, -0.05) is 23.7 Å². The van der Waals surface area contributed by atoms with Gasteiger partial charge in [0.1, 0.15) is 5.75 Å². The highest BCUT2D eigenvalue weighted by atomic mass is 35.5. The SMILES string of the molecule is CCOC(=O)CCC(=O)NNC(=O)COc1ccccc1Cl. The Morgan fingerprint density at radius 1 is 1.09 bits per heavy atom. The Morgan fingerprint density at radius 2 is 1.77 bits per heavy atom. The molecule has 0 unspecified atom stereocenters. The number of halogens is 1. The highest BCUT2D eigenvalue weighted by Gasteiger charge is 2.09. The average Bonchev–Trinajstić information content (AvgIpc) is 2.50. The lowest BCUT2D eigenvalue weighted by Gasteiger charge is -2.09. The lowest BCUT2D eigenvalue weighted by molar-refractivity contribution is -0.144. The molecule has 0 heterocycles. The van der Waals surface area contributed by atoms with Crippen LogP contribution in [0, 0.1) is 0 Å². The van der Waals surface area contributed by atoms with Crippen molar-refractivity contribution in [3.8, 4) is 5.75 Å². The van der Waals surface area contributed by atoms with Crippen LogP contribution < -0.4 is 15.6 Å². The molecule has 0 fully saturated rings. The minimum absolute atomic E-state index is 0.0499. The summed E-state index contributed by atoms with van der Waals surface area (Å²) in [6, 6.07) is 6.70. The molecule has 1 aromatic carbocycles. The van der Waals surface area contributed by atoms with E-state index in [0.717, 1.165) is 0 Å². The number of carbonyl (C=O) groups excluding carboxylic acids is 3. The number of esters is 1. The van der Waals surface area contributed by atoms with E-state index in [-0.39, 0.29) is 26.1 Å². The number of benzene rings is 1. The van der Waals surface area contributed by atoms with Crippen LogP contribution in [-0.2, 0) is 19.1 Å². The Hall–Kier alpha value is -2.28. The van der Waals surface area contributed by atoms with Crippen molar-refractivity contribution in [2.75, 3.05) is 13.2 Å². The van der Waals surface area contributed by atoms with E-state index in [0.29, 0.717) is 10.8 Å². The van der Waals surface area contributed by atoms with Crippen molar-refractivity contribution in [1.82, 2.24) is 10.9 Å². The van der Waals surface area contributed by atoms with Crippen LogP contribution in [-0.4, -0.2) is 31.0 Å². The molecule has 0 aliphatic heterocycles. The summed E-state index contributed by atoms with van der Waals surface area (Å²) in [5.41, 5.74) is 4.34. The maximum absolute atomic E-state index is 11.5. The third-order valence-electron chi connectivity index (χ3n) is 2.40. The molecule has 0 saturated carbocycles. The van der Waals surface area contributed by atoms with E-state index in [9.17, 15) is 14.4 Å². The van der Waals surface area contributed by atoms with Crippen LogP contribution in [0.25, 0.3) is 0 Å². The fourth-order valence-electron chi connectivity index (χ4n) is 1.39. The van der Waals surface area contributed by atoms with Crippen LogP contribution in [0.15, 0.2) is 24.3 Å². The zero-order valence-corrected chi connectivity index (χ0v) is 12.8. The highest BCUT2D eigenvalue weighted by molar-refractivity contribution is 6.32. The largest absolute Gasteiger partial charge is 0.482 e. The minimum Gasteiger partial charge on any atom is -0.482 e. The first-order chi connectivity index (χ1) is 10.5. The second kappa shape index (κ2) is 9.62. The van der Waals surface area contributed by atoms with Gasteiger partial charge >= 0.3 is 5.97 Å². The first-order valence-electron chi connectivity index (χ1n) is 6.63. The predicted octanol–water partition coefficient (Wildman–Crippen LogP) is 1.21. The first-order valence-corrected chi connectivity index (χ1v) is 7.01. The van der Waals surface area contributed by atoms with Gasteiger partial charge in [-0.2, -0.15) is 0 Å². The standard InChI is InChI=1S/C14H17ClN2O5/c1-2-21-14(20)8-7-12(18)16-17-13(19)9-22-11-6-4-3-5-10(11)15/h3-6H,2,7-9H2,1H3,(H,16,18)(H,17,19). The molecule has 2 amide bonds.